The Morgan fingerprint density at radius 2 is 1.93 bits per heavy atom. The van der Waals surface area contributed by atoms with E-state index in [2.05, 4.69) is 21.2 Å². The third kappa shape index (κ3) is 4.43. The van der Waals surface area contributed by atoms with Gasteiger partial charge in [-0.15, -0.1) is 0 Å². The highest BCUT2D eigenvalue weighted by atomic mass is 79.9. The third-order valence-corrected chi connectivity index (χ3v) is 5.72. The Morgan fingerprint density at radius 3 is 2.59 bits per heavy atom. The van der Waals surface area contributed by atoms with Crippen molar-refractivity contribution in [3.63, 3.8) is 0 Å². The number of halogens is 1. The zero-order chi connectivity index (χ0) is 19.4. The number of nitrogens with zero attached hydrogens (tertiary/aromatic N) is 2. The number of likely N-dealkylation sites (N-methyl/N-ethyl adjacent to an activating group) is 1. The van der Waals surface area contributed by atoms with Gasteiger partial charge in [-0.1, -0.05) is 28.8 Å². The van der Waals surface area contributed by atoms with Crippen molar-refractivity contribution in [2.75, 3.05) is 26.7 Å². The molecule has 8 heteroatoms. The second-order valence-corrected chi connectivity index (χ2v) is 7.96. The van der Waals surface area contributed by atoms with Gasteiger partial charge >= 0.3 is 6.03 Å². The molecule has 1 aromatic carbocycles. The Bertz CT molecular complexity index is 716. The van der Waals surface area contributed by atoms with Crippen LogP contribution < -0.4 is 10.1 Å². The molecular weight excluding hydrogens is 414 g/mol. The maximum Gasteiger partial charge on any atom is 0.325 e. The molecular formula is C19H24BrN3O4. The monoisotopic (exact) mass is 437 g/mol. The minimum atomic E-state index is -0.718. The molecule has 1 spiro atoms. The van der Waals surface area contributed by atoms with E-state index in [1.54, 1.807) is 11.9 Å². The van der Waals surface area contributed by atoms with E-state index in [9.17, 15) is 14.4 Å². The summed E-state index contributed by atoms with van der Waals surface area (Å²) < 4.78 is 6.59. The minimum Gasteiger partial charge on any atom is -0.492 e. The Balaban J connectivity index is 1.42. The smallest absolute Gasteiger partial charge is 0.325 e. The standard InChI is InChI=1S/C19H24BrN3O4/c1-22(12-13-27-15-6-4-14(20)5-7-15)16(24)8-11-23-17(25)19(21-18(23)26)9-2-3-10-19/h4-7H,2-3,8-13H2,1H3,(H,21,26). The first-order valence-electron chi connectivity index (χ1n) is 9.18. The topological polar surface area (TPSA) is 79.0 Å². The van der Waals surface area contributed by atoms with Gasteiger partial charge in [0.15, 0.2) is 0 Å². The average Bonchev–Trinajstić information content (AvgIpc) is 3.20. The highest BCUT2D eigenvalue weighted by Gasteiger charge is 2.52. The second-order valence-electron chi connectivity index (χ2n) is 7.04. The number of carbonyl (C=O) groups excluding carboxylic acids is 3. The molecule has 27 heavy (non-hydrogen) atoms. The number of hydrogen-bond donors (Lipinski definition) is 1. The summed E-state index contributed by atoms with van der Waals surface area (Å²) in [4.78, 5) is 39.8. The molecule has 1 aromatic rings. The fourth-order valence-corrected chi connectivity index (χ4v) is 3.82. The molecule has 2 fully saturated rings. The van der Waals surface area contributed by atoms with Gasteiger partial charge in [-0.3, -0.25) is 14.5 Å². The van der Waals surface area contributed by atoms with Crippen molar-refractivity contribution in [1.29, 1.82) is 0 Å². The van der Waals surface area contributed by atoms with E-state index in [1.807, 2.05) is 24.3 Å². The highest BCUT2D eigenvalue weighted by Crippen LogP contribution is 2.35. The van der Waals surface area contributed by atoms with Crippen LogP contribution in [-0.2, 0) is 9.59 Å². The molecule has 7 nitrogen and oxygen atoms in total. The number of carbonyl (C=O) groups is 3. The highest BCUT2D eigenvalue weighted by molar-refractivity contribution is 9.10. The maximum atomic E-state index is 12.6. The lowest BCUT2D eigenvalue weighted by Crippen LogP contribution is -2.44. The average molecular weight is 438 g/mol. The summed E-state index contributed by atoms with van der Waals surface area (Å²) in [6, 6.07) is 7.10. The molecule has 0 atom stereocenters. The van der Waals surface area contributed by atoms with Crippen LogP contribution in [0.25, 0.3) is 0 Å². The SMILES string of the molecule is CN(CCOc1ccc(Br)cc1)C(=O)CCN1C(=O)NC2(CCCC2)C1=O. The number of nitrogens with one attached hydrogen (secondary N) is 1. The molecule has 0 unspecified atom stereocenters. The van der Waals surface area contributed by atoms with Gasteiger partial charge in [0.1, 0.15) is 17.9 Å². The van der Waals surface area contributed by atoms with Gasteiger partial charge in [0, 0.05) is 24.5 Å². The zero-order valence-electron chi connectivity index (χ0n) is 15.4. The van der Waals surface area contributed by atoms with Gasteiger partial charge < -0.3 is 15.0 Å². The summed E-state index contributed by atoms with van der Waals surface area (Å²) in [5.74, 6) is 0.432. The van der Waals surface area contributed by atoms with Crippen LogP contribution in [0.2, 0.25) is 0 Å². The summed E-state index contributed by atoms with van der Waals surface area (Å²) in [6.45, 7) is 0.915. The number of ether oxygens (including phenoxy) is 1. The van der Waals surface area contributed by atoms with Gasteiger partial charge in [-0.25, -0.2) is 4.79 Å². The Morgan fingerprint density at radius 1 is 1.26 bits per heavy atom. The van der Waals surface area contributed by atoms with Crippen LogP contribution in [0, 0.1) is 0 Å². The van der Waals surface area contributed by atoms with Gasteiger partial charge in [0.05, 0.1) is 6.54 Å². The lowest BCUT2D eigenvalue weighted by Gasteiger charge is -2.21. The van der Waals surface area contributed by atoms with E-state index >= 15 is 0 Å². The normalized spacial score (nSPS) is 18.1. The van der Waals surface area contributed by atoms with Gasteiger partial charge in [0.25, 0.3) is 5.91 Å². The number of amides is 4. The fourth-order valence-electron chi connectivity index (χ4n) is 3.55. The molecule has 2 aliphatic rings. The molecule has 1 heterocycles. The van der Waals surface area contributed by atoms with Crippen LogP contribution in [0.5, 0.6) is 5.75 Å². The number of urea groups is 1. The van der Waals surface area contributed by atoms with Crippen LogP contribution in [0.1, 0.15) is 32.1 Å². The van der Waals surface area contributed by atoms with E-state index in [1.165, 1.54) is 4.90 Å². The van der Waals surface area contributed by atoms with Crippen molar-refractivity contribution in [3.05, 3.63) is 28.7 Å². The summed E-state index contributed by atoms with van der Waals surface area (Å²) in [5, 5.41) is 2.83. The molecule has 0 radical (unpaired) electrons. The zero-order valence-corrected chi connectivity index (χ0v) is 17.0. The molecule has 0 aromatic heterocycles. The predicted octanol–water partition coefficient (Wildman–Crippen LogP) is 2.54. The van der Waals surface area contributed by atoms with Crippen molar-refractivity contribution < 1.29 is 19.1 Å². The molecule has 146 valence electrons. The summed E-state index contributed by atoms with van der Waals surface area (Å²) in [6.07, 6.45) is 3.38. The molecule has 1 N–H and O–H groups in total. The van der Waals surface area contributed by atoms with Crippen LogP contribution in [0.15, 0.2) is 28.7 Å². The lowest BCUT2D eigenvalue weighted by molar-refractivity contribution is -0.133. The molecule has 4 amide bonds. The predicted molar refractivity (Wildman–Crippen MR) is 103 cm³/mol. The number of rotatable bonds is 7. The quantitative estimate of drug-likeness (QED) is 0.664. The minimum absolute atomic E-state index is 0.114. The van der Waals surface area contributed by atoms with E-state index in [4.69, 9.17) is 4.74 Å². The molecule has 1 saturated carbocycles. The summed E-state index contributed by atoms with van der Waals surface area (Å²) in [7, 11) is 1.69. The molecule has 1 aliphatic carbocycles. The first-order chi connectivity index (χ1) is 12.9. The van der Waals surface area contributed by atoms with Crippen molar-refractivity contribution in [2.45, 2.75) is 37.6 Å². The number of hydrogen-bond acceptors (Lipinski definition) is 4. The van der Waals surface area contributed by atoms with Crippen LogP contribution >= 0.6 is 15.9 Å². The Kier molecular flexibility index (Phi) is 6.04. The molecule has 3 rings (SSSR count). The Labute approximate surface area is 167 Å². The van der Waals surface area contributed by atoms with Gasteiger partial charge in [-0.2, -0.15) is 0 Å². The third-order valence-electron chi connectivity index (χ3n) is 5.19. The first kappa shape index (κ1) is 19.7. The molecule has 0 bridgehead atoms. The number of benzene rings is 1. The maximum absolute atomic E-state index is 12.6. The second kappa shape index (κ2) is 8.29. The lowest BCUT2D eigenvalue weighted by atomic mass is 9.98. The van der Waals surface area contributed by atoms with Crippen LogP contribution in [0.4, 0.5) is 4.79 Å². The van der Waals surface area contributed by atoms with E-state index in [0.717, 1.165) is 23.1 Å². The summed E-state index contributed by atoms with van der Waals surface area (Å²) in [5.41, 5.74) is -0.718. The van der Waals surface area contributed by atoms with Gasteiger partial charge in [0.2, 0.25) is 5.91 Å². The fraction of sp³-hybridized carbons (Fsp3) is 0.526. The van der Waals surface area contributed by atoms with Crippen molar-refractivity contribution in [3.8, 4) is 5.75 Å². The van der Waals surface area contributed by atoms with Crippen molar-refractivity contribution >= 4 is 33.8 Å². The summed E-state index contributed by atoms with van der Waals surface area (Å²) >= 11 is 3.36. The molecule has 1 aliphatic heterocycles. The van der Waals surface area contributed by atoms with E-state index in [-0.39, 0.29) is 30.8 Å². The van der Waals surface area contributed by atoms with Crippen molar-refractivity contribution in [1.82, 2.24) is 15.1 Å². The van der Waals surface area contributed by atoms with Gasteiger partial charge in [-0.05, 0) is 37.1 Å². The first-order valence-corrected chi connectivity index (χ1v) is 9.97. The van der Waals surface area contributed by atoms with E-state index < -0.39 is 5.54 Å². The van der Waals surface area contributed by atoms with Crippen molar-refractivity contribution in [2.24, 2.45) is 0 Å². The number of imide groups is 1. The van der Waals surface area contributed by atoms with Crippen LogP contribution in [0.3, 0.4) is 0 Å². The Hall–Kier alpha value is -2.09. The molecule has 1 saturated heterocycles. The van der Waals surface area contributed by atoms with Crippen LogP contribution in [-0.4, -0.2) is 59.9 Å². The van der Waals surface area contributed by atoms with E-state index in [0.29, 0.717) is 26.0 Å². The largest absolute Gasteiger partial charge is 0.492 e.